The van der Waals surface area contributed by atoms with Gasteiger partial charge in [0, 0.05) is 10.6 Å². The molecule has 92 valence electrons. The molecule has 0 unspecified atom stereocenters. The predicted octanol–water partition coefficient (Wildman–Crippen LogP) is 1.66. The molecule has 0 aliphatic carbocycles. The largest absolute Gasteiger partial charge is 0.472 e. The molecule has 1 aromatic carbocycles. The van der Waals surface area contributed by atoms with Gasteiger partial charge in [-0.25, -0.2) is 0 Å². The van der Waals surface area contributed by atoms with Crippen LogP contribution in [0.2, 0.25) is 5.02 Å². The SMILES string of the molecule is O=C(NNC(=O)C(F)(F)F)c1cccc(Cl)c1. The monoisotopic (exact) mass is 266 g/mol. The molecule has 1 aromatic rings. The highest BCUT2D eigenvalue weighted by atomic mass is 35.5. The van der Waals surface area contributed by atoms with E-state index < -0.39 is 18.0 Å². The predicted molar refractivity (Wildman–Crippen MR) is 53.1 cm³/mol. The normalized spacial score (nSPS) is 10.8. The van der Waals surface area contributed by atoms with Gasteiger partial charge < -0.3 is 0 Å². The molecule has 0 atom stereocenters. The average molecular weight is 267 g/mol. The van der Waals surface area contributed by atoms with Crippen molar-refractivity contribution in [2.45, 2.75) is 6.18 Å². The molecule has 2 amide bonds. The number of rotatable bonds is 1. The smallest absolute Gasteiger partial charge is 0.267 e. The Kier molecular flexibility index (Phi) is 3.95. The van der Waals surface area contributed by atoms with Gasteiger partial charge in [0.2, 0.25) is 0 Å². The van der Waals surface area contributed by atoms with Crippen LogP contribution in [0.1, 0.15) is 10.4 Å². The van der Waals surface area contributed by atoms with E-state index in [9.17, 15) is 22.8 Å². The molecule has 0 saturated heterocycles. The Bertz CT molecular complexity index is 448. The van der Waals surface area contributed by atoms with Gasteiger partial charge in [0.25, 0.3) is 5.91 Å². The fourth-order valence-electron chi connectivity index (χ4n) is 0.886. The van der Waals surface area contributed by atoms with Crippen LogP contribution in [0.3, 0.4) is 0 Å². The Morgan fingerprint density at radius 3 is 2.35 bits per heavy atom. The quantitative estimate of drug-likeness (QED) is 0.760. The lowest BCUT2D eigenvalue weighted by Gasteiger charge is -2.09. The van der Waals surface area contributed by atoms with Crippen LogP contribution in [0.5, 0.6) is 0 Å². The second-order valence-electron chi connectivity index (χ2n) is 2.92. The van der Waals surface area contributed by atoms with Crippen molar-refractivity contribution in [3.63, 3.8) is 0 Å². The minimum atomic E-state index is -5.05. The van der Waals surface area contributed by atoms with Gasteiger partial charge in [-0.1, -0.05) is 17.7 Å². The standard InChI is InChI=1S/C9H6ClF3N2O2/c10-6-3-1-2-5(4-6)7(16)14-15-8(17)9(11,12)13/h1-4H,(H,14,16)(H,15,17). The van der Waals surface area contributed by atoms with Crippen molar-refractivity contribution in [3.05, 3.63) is 34.9 Å². The van der Waals surface area contributed by atoms with Crippen LogP contribution >= 0.6 is 11.6 Å². The van der Waals surface area contributed by atoms with Crippen LogP contribution in [-0.4, -0.2) is 18.0 Å². The van der Waals surface area contributed by atoms with Crippen molar-refractivity contribution in [1.29, 1.82) is 0 Å². The first-order valence-electron chi connectivity index (χ1n) is 4.24. The van der Waals surface area contributed by atoms with Crippen molar-refractivity contribution in [1.82, 2.24) is 10.9 Å². The summed E-state index contributed by atoms with van der Waals surface area (Å²) in [5.41, 5.74) is 2.88. The summed E-state index contributed by atoms with van der Waals surface area (Å²) in [6, 6.07) is 5.52. The Hall–Kier alpha value is -1.76. The summed E-state index contributed by atoms with van der Waals surface area (Å²) in [5, 5.41) is 0.250. The zero-order chi connectivity index (χ0) is 13.1. The number of carbonyl (C=O) groups is 2. The van der Waals surface area contributed by atoms with Crippen molar-refractivity contribution in [3.8, 4) is 0 Å². The van der Waals surface area contributed by atoms with Crippen LogP contribution < -0.4 is 10.9 Å². The third-order valence-electron chi connectivity index (χ3n) is 1.63. The van der Waals surface area contributed by atoms with Crippen molar-refractivity contribution >= 4 is 23.4 Å². The third kappa shape index (κ3) is 3.95. The lowest BCUT2D eigenvalue weighted by atomic mass is 10.2. The minimum Gasteiger partial charge on any atom is -0.267 e. The molecule has 8 heteroatoms. The van der Waals surface area contributed by atoms with Gasteiger partial charge in [-0.15, -0.1) is 0 Å². The number of hydrogen-bond acceptors (Lipinski definition) is 2. The highest BCUT2D eigenvalue weighted by Gasteiger charge is 2.38. The fourth-order valence-corrected chi connectivity index (χ4v) is 1.08. The summed E-state index contributed by atoms with van der Waals surface area (Å²) in [5.74, 6) is -3.15. The van der Waals surface area contributed by atoms with Gasteiger partial charge in [0.05, 0.1) is 0 Å². The maximum absolute atomic E-state index is 11.8. The van der Waals surface area contributed by atoms with Gasteiger partial charge in [0.1, 0.15) is 0 Å². The zero-order valence-corrected chi connectivity index (χ0v) is 8.89. The topological polar surface area (TPSA) is 58.2 Å². The first kappa shape index (κ1) is 13.3. The fraction of sp³-hybridized carbons (Fsp3) is 0.111. The van der Waals surface area contributed by atoms with Crippen LogP contribution in [0, 0.1) is 0 Å². The number of alkyl halides is 3. The number of benzene rings is 1. The van der Waals surface area contributed by atoms with Crippen molar-refractivity contribution < 1.29 is 22.8 Å². The number of amides is 2. The van der Waals surface area contributed by atoms with E-state index >= 15 is 0 Å². The van der Waals surface area contributed by atoms with E-state index in [1.807, 2.05) is 0 Å². The average Bonchev–Trinajstić information content (AvgIpc) is 2.24. The molecule has 0 heterocycles. The van der Waals surface area contributed by atoms with Crippen LogP contribution in [0.4, 0.5) is 13.2 Å². The zero-order valence-electron chi connectivity index (χ0n) is 8.14. The van der Waals surface area contributed by atoms with E-state index in [0.717, 1.165) is 0 Å². The van der Waals surface area contributed by atoms with E-state index in [1.165, 1.54) is 29.7 Å². The summed E-state index contributed by atoms with van der Waals surface area (Å²) < 4.78 is 35.3. The molecular weight excluding hydrogens is 261 g/mol. The van der Waals surface area contributed by atoms with E-state index in [0.29, 0.717) is 0 Å². The number of nitrogens with one attached hydrogen (secondary N) is 2. The molecule has 2 N–H and O–H groups in total. The summed E-state index contributed by atoms with van der Waals surface area (Å²) in [6.45, 7) is 0. The molecule has 0 spiro atoms. The summed E-state index contributed by atoms with van der Waals surface area (Å²) in [7, 11) is 0. The molecule has 0 fully saturated rings. The summed E-state index contributed by atoms with van der Waals surface area (Å²) in [6.07, 6.45) is -5.05. The Morgan fingerprint density at radius 2 is 1.82 bits per heavy atom. The highest BCUT2D eigenvalue weighted by Crippen LogP contribution is 2.13. The maximum atomic E-state index is 11.8. The van der Waals surface area contributed by atoms with E-state index in [2.05, 4.69) is 0 Å². The molecule has 1 rings (SSSR count). The molecule has 0 radical (unpaired) electrons. The van der Waals surface area contributed by atoms with Gasteiger partial charge in [-0.05, 0) is 18.2 Å². The van der Waals surface area contributed by atoms with Gasteiger partial charge in [-0.2, -0.15) is 13.2 Å². The molecule has 0 saturated carbocycles. The van der Waals surface area contributed by atoms with Crippen molar-refractivity contribution in [2.75, 3.05) is 0 Å². The first-order valence-corrected chi connectivity index (χ1v) is 4.61. The number of halogens is 4. The van der Waals surface area contributed by atoms with Gasteiger partial charge >= 0.3 is 12.1 Å². The summed E-state index contributed by atoms with van der Waals surface area (Å²) in [4.78, 5) is 21.7. The molecular formula is C9H6ClF3N2O2. The van der Waals surface area contributed by atoms with Crippen LogP contribution in [0.15, 0.2) is 24.3 Å². The van der Waals surface area contributed by atoms with Gasteiger partial charge in [-0.3, -0.25) is 20.4 Å². The van der Waals surface area contributed by atoms with Crippen LogP contribution in [0.25, 0.3) is 0 Å². The number of hydrazine groups is 1. The first-order chi connectivity index (χ1) is 7.80. The second kappa shape index (κ2) is 5.05. The number of carbonyl (C=O) groups excluding carboxylic acids is 2. The third-order valence-corrected chi connectivity index (χ3v) is 1.87. The van der Waals surface area contributed by atoms with E-state index in [4.69, 9.17) is 11.6 Å². The highest BCUT2D eigenvalue weighted by molar-refractivity contribution is 6.30. The van der Waals surface area contributed by atoms with E-state index in [1.54, 1.807) is 5.43 Å². The molecule has 17 heavy (non-hydrogen) atoms. The lowest BCUT2D eigenvalue weighted by Crippen LogP contribution is -2.47. The molecule has 0 aliphatic rings. The Balaban J connectivity index is 2.60. The molecule has 4 nitrogen and oxygen atoms in total. The molecule has 0 bridgehead atoms. The minimum absolute atomic E-state index is 0.0278. The Labute approximate surface area is 98.7 Å². The Morgan fingerprint density at radius 1 is 1.18 bits per heavy atom. The maximum Gasteiger partial charge on any atom is 0.472 e. The summed E-state index contributed by atoms with van der Waals surface area (Å²) >= 11 is 5.58. The van der Waals surface area contributed by atoms with Crippen LogP contribution in [-0.2, 0) is 4.79 Å². The molecule has 0 aromatic heterocycles. The second-order valence-corrected chi connectivity index (χ2v) is 3.35. The van der Waals surface area contributed by atoms with Gasteiger partial charge in [0.15, 0.2) is 0 Å². The number of hydrogen-bond donors (Lipinski definition) is 2. The lowest BCUT2D eigenvalue weighted by molar-refractivity contribution is -0.174. The van der Waals surface area contributed by atoms with Crippen molar-refractivity contribution in [2.24, 2.45) is 0 Å². The van der Waals surface area contributed by atoms with E-state index in [-0.39, 0.29) is 10.6 Å². The molecule has 0 aliphatic heterocycles.